The molecule has 3 aromatic rings. The van der Waals surface area contributed by atoms with Crippen molar-refractivity contribution in [2.75, 3.05) is 5.73 Å². The molecule has 0 saturated heterocycles. The monoisotopic (exact) mass is 232 g/mol. The van der Waals surface area contributed by atoms with Crippen LogP contribution in [0.25, 0.3) is 21.8 Å². The first-order valence-corrected chi connectivity index (χ1v) is 5.21. The van der Waals surface area contributed by atoms with Gasteiger partial charge in [-0.1, -0.05) is 17.7 Å². The van der Waals surface area contributed by atoms with Crippen LogP contribution >= 0.6 is 11.6 Å². The molecular formula is C11H9ClN4. The van der Waals surface area contributed by atoms with Gasteiger partial charge in [0.05, 0.1) is 11.7 Å². The van der Waals surface area contributed by atoms with E-state index in [-0.39, 0.29) is 0 Å². The minimum Gasteiger partial charge on any atom is -0.382 e. The first kappa shape index (κ1) is 9.42. The van der Waals surface area contributed by atoms with E-state index in [2.05, 4.69) is 10.1 Å². The maximum atomic E-state index is 5.93. The van der Waals surface area contributed by atoms with Crippen molar-refractivity contribution in [1.82, 2.24) is 14.8 Å². The summed E-state index contributed by atoms with van der Waals surface area (Å²) in [5, 5.41) is 6.87. The van der Waals surface area contributed by atoms with Crippen LogP contribution in [0.1, 0.15) is 0 Å². The third-order valence-corrected chi connectivity index (χ3v) is 2.91. The van der Waals surface area contributed by atoms with Gasteiger partial charge in [-0.25, -0.2) is 4.98 Å². The second kappa shape index (κ2) is 3.09. The van der Waals surface area contributed by atoms with Crippen molar-refractivity contribution in [3.63, 3.8) is 0 Å². The highest BCUT2D eigenvalue weighted by atomic mass is 35.5. The number of rotatable bonds is 0. The molecule has 0 unspecified atom stereocenters. The van der Waals surface area contributed by atoms with Crippen molar-refractivity contribution in [2.45, 2.75) is 0 Å². The molecule has 0 spiro atoms. The van der Waals surface area contributed by atoms with Gasteiger partial charge in [-0.2, -0.15) is 5.10 Å². The Kier molecular flexibility index (Phi) is 1.82. The molecule has 0 fully saturated rings. The lowest BCUT2D eigenvalue weighted by Crippen LogP contribution is -1.97. The lowest BCUT2D eigenvalue weighted by atomic mass is 10.1. The van der Waals surface area contributed by atoms with Crippen LogP contribution in [-0.4, -0.2) is 14.8 Å². The predicted octanol–water partition coefficient (Wildman–Crippen LogP) is 2.36. The molecule has 2 heterocycles. The van der Waals surface area contributed by atoms with Crippen LogP contribution in [0.2, 0.25) is 5.02 Å². The molecule has 0 atom stereocenters. The van der Waals surface area contributed by atoms with E-state index in [1.165, 1.54) is 0 Å². The van der Waals surface area contributed by atoms with E-state index in [1.54, 1.807) is 16.9 Å². The van der Waals surface area contributed by atoms with Crippen molar-refractivity contribution in [1.29, 1.82) is 0 Å². The van der Waals surface area contributed by atoms with E-state index in [0.29, 0.717) is 10.8 Å². The molecule has 0 amide bonds. The molecule has 4 nitrogen and oxygen atoms in total. The Bertz CT molecular complexity index is 702. The number of anilines is 1. The van der Waals surface area contributed by atoms with Gasteiger partial charge in [0.2, 0.25) is 0 Å². The average molecular weight is 233 g/mol. The van der Waals surface area contributed by atoms with Crippen molar-refractivity contribution >= 4 is 39.2 Å². The van der Waals surface area contributed by atoms with Gasteiger partial charge in [0.1, 0.15) is 11.3 Å². The van der Waals surface area contributed by atoms with Gasteiger partial charge in [-0.05, 0) is 12.1 Å². The lowest BCUT2D eigenvalue weighted by molar-refractivity contribution is 0.797. The van der Waals surface area contributed by atoms with Crippen LogP contribution < -0.4 is 5.73 Å². The van der Waals surface area contributed by atoms with Crippen LogP contribution in [0.4, 0.5) is 5.82 Å². The van der Waals surface area contributed by atoms with Gasteiger partial charge in [0.25, 0.3) is 0 Å². The Morgan fingerprint density at radius 3 is 2.94 bits per heavy atom. The SMILES string of the molecule is Cn1ncc2c3ccc(Cl)cc3nc(N)c21. The number of hydrogen-bond acceptors (Lipinski definition) is 3. The molecule has 5 heteroatoms. The zero-order chi connectivity index (χ0) is 11.3. The van der Waals surface area contributed by atoms with Crippen molar-refractivity contribution in [2.24, 2.45) is 7.05 Å². The van der Waals surface area contributed by atoms with E-state index < -0.39 is 0 Å². The number of nitrogen functional groups attached to an aromatic ring is 1. The molecule has 0 aliphatic heterocycles. The van der Waals surface area contributed by atoms with Gasteiger partial charge in [-0.15, -0.1) is 0 Å². The summed E-state index contributed by atoms with van der Waals surface area (Å²) in [6.07, 6.45) is 1.80. The predicted molar refractivity (Wildman–Crippen MR) is 65.4 cm³/mol. The fraction of sp³-hybridized carbons (Fsp3) is 0.0909. The van der Waals surface area contributed by atoms with Crippen molar-refractivity contribution in [3.05, 3.63) is 29.4 Å². The van der Waals surface area contributed by atoms with Crippen molar-refractivity contribution < 1.29 is 0 Å². The molecule has 1 aromatic carbocycles. The Balaban J connectivity index is 2.59. The van der Waals surface area contributed by atoms with Gasteiger partial charge in [0.15, 0.2) is 0 Å². The summed E-state index contributed by atoms with van der Waals surface area (Å²) in [4.78, 5) is 4.33. The van der Waals surface area contributed by atoms with Crippen LogP contribution in [0.5, 0.6) is 0 Å². The number of nitrogens with two attached hydrogens (primary N) is 1. The number of nitrogens with zero attached hydrogens (tertiary/aromatic N) is 3. The lowest BCUT2D eigenvalue weighted by Gasteiger charge is -2.03. The first-order valence-electron chi connectivity index (χ1n) is 4.83. The molecule has 0 bridgehead atoms. The van der Waals surface area contributed by atoms with Crippen LogP contribution in [0.3, 0.4) is 0 Å². The first-order chi connectivity index (χ1) is 7.66. The summed E-state index contributed by atoms with van der Waals surface area (Å²) in [5.74, 6) is 0.477. The van der Waals surface area contributed by atoms with Crippen molar-refractivity contribution in [3.8, 4) is 0 Å². The van der Waals surface area contributed by atoms with Crippen LogP contribution in [0.15, 0.2) is 24.4 Å². The molecule has 0 aliphatic carbocycles. The molecule has 0 radical (unpaired) electrons. The zero-order valence-electron chi connectivity index (χ0n) is 8.61. The Labute approximate surface area is 96.6 Å². The Hall–Kier alpha value is -1.81. The Morgan fingerprint density at radius 2 is 2.12 bits per heavy atom. The third-order valence-electron chi connectivity index (χ3n) is 2.67. The number of pyridine rings is 1. The van der Waals surface area contributed by atoms with Crippen LogP contribution in [-0.2, 0) is 7.05 Å². The van der Waals surface area contributed by atoms with E-state index in [0.717, 1.165) is 21.8 Å². The van der Waals surface area contributed by atoms with E-state index >= 15 is 0 Å². The highest BCUT2D eigenvalue weighted by Gasteiger charge is 2.10. The van der Waals surface area contributed by atoms with Gasteiger partial charge >= 0.3 is 0 Å². The molecule has 3 rings (SSSR count). The largest absolute Gasteiger partial charge is 0.382 e. The number of aryl methyl sites for hydroxylation is 1. The van der Waals surface area contributed by atoms with E-state index in [4.69, 9.17) is 17.3 Å². The standard InChI is InChI=1S/C11H9ClN4/c1-16-10-8(5-14-16)7-3-2-6(12)4-9(7)15-11(10)13/h2-5H,1H3,(H2,13,15). The fourth-order valence-electron chi connectivity index (χ4n) is 1.95. The second-order valence-electron chi connectivity index (χ2n) is 3.69. The minimum absolute atomic E-state index is 0.477. The number of hydrogen-bond donors (Lipinski definition) is 1. The number of benzene rings is 1. The summed E-state index contributed by atoms with van der Waals surface area (Å²) < 4.78 is 1.73. The van der Waals surface area contributed by atoms with E-state index in [9.17, 15) is 0 Å². The third kappa shape index (κ3) is 1.17. The molecule has 0 saturated carbocycles. The molecular weight excluding hydrogens is 224 g/mol. The second-order valence-corrected chi connectivity index (χ2v) is 4.13. The summed E-state index contributed by atoms with van der Waals surface area (Å²) >= 11 is 5.93. The highest BCUT2D eigenvalue weighted by molar-refractivity contribution is 6.31. The molecule has 2 N–H and O–H groups in total. The number of halogens is 1. The number of fused-ring (bicyclic) bond motifs is 3. The average Bonchev–Trinajstić information content (AvgIpc) is 2.61. The van der Waals surface area contributed by atoms with Gasteiger partial charge in [0, 0.05) is 22.8 Å². The van der Waals surface area contributed by atoms with Gasteiger partial charge in [-0.3, -0.25) is 4.68 Å². The summed E-state index contributed by atoms with van der Waals surface area (Å²) in [5.41, 5.74) is 7.56. The summed E-state index contributed by atoms with van der Waals surface area (Å²) in [6, 6.07) is 5.59. The fourth-order valence-corrected chi connectivity index (χ4v) is 2.11. The maximum absolute atomic E-state index is 5.93. The smallest absolute Gasteiger partial charge is 0.150 e. The number of aromatic nitrogens is 3. The molecule has 0 aliphatic rings. The molecule has 2 aromatic heterocycles. The zero-order valence-corrected chi connectivity index (χ0v) is 9.36. The van der Waals surface area contributed by atoms with Gasteiger partial charge < -0.3 is 5.73 Å². The highest BCUT2D eigenvalue weighted by Crippen LogP contribution is 2.28. The molecule has 80 valence electrons. The van der Waals surface area contributed by atoms with Crippen LogP contribution in [0, 0.1) is 0 Å². The van der Waals surface area contributed by atoms with E-state index in [1.807, 2.05) is 19.2 Å². The normalized spacial score (nSPS) is 11.4. The molecule has 16 heavy (non-hydrogen) atoms. The topological polar surface area (TPSA) is 56.7 Å². The quantitative estimate of drug-likeness (QED) is 0.647. The minimum atomic E-state index is 0.477. The maximum Gasteiger partial charge on any atom is 0.150 e. The Morgan fingerprint density at radius 1 is 1.31 bits per heavy atom. The summed E-state index contributed by atoms with van der Waals surface area (Å²) in [7, 11) is 1.85. The summed E-state index contributed by atoms with van der Waals surface area (Å²) in [6.45, 7) is 0.